The predicted molar refractivity (Wildman–Crippen MR) is 93.8 cm³/mol. The van der Waals surface area contributed by atoms with Gasteiger partial charge in [0.25, 0.3) is 0 Å². The topological polar surface area (TPSA) is 29.6 Å². The molecule has 1 saturated heterocycles. The van der Waals surface area contributed by atoms with Gasteiger partial charge in [-0.1, -0.05) is 91.0 Å². The summed E-state index contributed by atoms with van der Waals surface area (Å²) in [5, 5.41) is 1.71. The van der Waals surface area contributed by atoms with Crippen LogP contribution in [0.2, 0.25) is 0 Å². The zero-order chi connectivity index (χ0) is 15.7. The molecular weight excluding hydrogens is 303 g/mol. The molecule has 0 spiro atoms. The molecule has 23 heavy (non-hydrogen) atoms. The average molecular weight is 320 g/mol. The van der Waals surface area contributed by atoms with Crippen molar-refractivity contribution >= 4 is 17.8 Å². The summed E-state index contributed by atoms with van der Waals surface area (Å²) in [6.07, 6.45) is -0.0950. The quantitative estimate of drug-likeness (QED) is 0.535. The van der Waals surface area contributed by atoms with E-state index in [1.54, 1.807) is 0 Å². The molecule has 1 aliphatic rings. The van der Waals surface area contributed by atoms with E-state index >= 15 is 0 Å². The summed E-state index contributed by atoms with van der Waals surface area (Å²) >= 11 is 0. The molecule has 0 radical (unpaired) electrons. The summed E-state index contributed by atoms with van der Waals surface area (Å²) in [5.41, 5.74) is 1.09. The Morgan fingerprint density at radius 1 is 0.652 bits per heavy atom. The Morgan fingerprint density at radius 3 is 1.57 bits per heavy atom. The van der Waals surface area contributed by atoms with Gasteiger partial charge in [-0.05, 0) is 5.56 Å². The standard InChI is InChI=1S/C20H17O2P/c21-23(17-12-6-2-7-13-17,18-14-8-3-9-15-18)20-19(22-20)16-10-4-1-5-11-16/h1-15,19-20H/t19-,20-/m1/s1. The van der Waals surface area contributed by atoms with E-state index in [-0.39, 0.29) is 11.9 Å². The number of rotatable bonds is 4. The second-order valence-electron chi connectivity index (χ2n) is 5.69. The van der Waals surface area contributed by atoms with Crippen molar-refractivity contribution in [3.63, 3.8) is 0 Å². The van der Waals surface area contributed by atoms with Gasteiger partial charge >= 0.3 is 0 Å². The summed E-state index contributed by atoms with van der Waals surface area (Å²) in [7, 11) is -2.83. The molecule has 3 aromatic rings. The molecule has 3 heteroatoms. The van der Waals surface area contributed by atoms with Gasteiger partial charge in [0.05, 0.1) is 0 Å². The number of ether oxygens (including phenoxy) is 1. The van der Waals surface area contributed by atoms with Crippen LogP contribution >= 0.6 is 7.14 Å². The van der Waals surface area contributed by atoms with Crippen LogP contribution in [0.1, 0.15) is 11.7 Å². The molecule has 114 valence electrons. The largest absolute Gasteiger partial charge is 0.356 e. The fraction of sp³-hybridized carbons (Fsp3) is 0.100. The second kappa shape index (κ2) is 5.81. The smallest absolute Gasteiger partial charge is 0.173 e. The summed E-state index contributed by atoms with van der Waals surface area (Å²) in [4.78, 5) is 0. The van der Waals surface area contributed by atoms with Gasteiger partial charge in [-0.15, -0.1) is 0 Å². The molecule has 0 amide bonds. The van der Waals surface area contributed by atoms with E-state index in [4.69, 9.17) is 4.74 Å². The SMILES string of the molecule is O=P(c1ccccc1)(c1ccccc1)[C@H]1O[C@@H]1c1ccccc1. The Balaban J connectivity index is 1.78. The molecule has 1 aliphatic heterocycles. The van der Waals surface area contributed by atoms with E-state index in [0.717, 1.165) is 16.2 Å². The van der Waals surface area contributed by atoms with E-state index in [0.29, 0.717) is 0 Å². The number of epoxide rings is 1. The first-order valence-electron chi connectivity index (χ1n) is 7.71. The summed E-state index contributed by atoms with van der Waals surface area (Å²) < 4.78 is 20.0. The van der Waals surface area contributed by atoms with Crippen LogP contribution in [0.15, 0.2) is 91.0 Å². The van der Waals surface area contributed by atoms with Crippen molar-refractivity contribution in [3.05, 3.63) is 96.6 Å². The first-order valence-corrected chi connectivity index (χ1v) is 9.49. The Labute approximate surface area is 136 Å². The van der Waals surface area contributed by atoms with E-state index in [2.05, 4.69) is 0 Å². The Bertz CT molecular complexity index is 788. The maximum absolute atomic E-state index is 14.0. The monoisotopic (exact) mass is 320 g/mol. The number of benzene rings is 3. The average Bonchev–Trinajstić information content (AvgIpc) is 3.45. The fourth-order valence-electron chi connectivity index (χ4n) is 3.01. The van der Waals surface area contributed by atoms with Crippen LogP contribution in [0.3, 0.4) is 0 Å². The molecule has 1 fully saturated rings. The Morgan fingerprint density at radius 2 is 1.09 bits per heavy atom. The van der Waals surface area contributed by atoms with Gasteiger partial charge in [0.1, 0.15) is 11.9 Å². The molecule has 0 aromatic heterocycles. The van der Waals surface area contributed by atoms with Crippen molar-refractivity contribution in [1.82, 2.24) is 0 Å². The summed E-state index contributed by atoms with van der Waals surface area (Å²) in [6, 6.07) is 29.4. The van der Waals surface area contributed by atoms with Gasteiger partial charge in [0.2, 0.25) is 0 Å². The molecule has 2 atom stereocenters. The normalized spacial score (nSPS) is 20.2. The van der Waals surface area contributed by atoms with Crippen LogP contribution in [-0.4, -0.2) is 5.85 Å². The lowest BCUT2D eigenvalue weighted by Gasteiger charge is -2.17. The van der Waals surface area contributed by atoms with Crippen molar-refractivity contribution in [2.45, 2.75) is 11.9 Å². The van der Waals surface area contributed by atoms with Crippen molar-refractivity contribution in [1.29, 1.82) is 0 Å². The van der Waals surface area contributed by atoms with Crippen molar-refractivity contribution < 1.29 is 9.30 Å². The summed E-state index contributed by atoms with van der Waals surface area (Å²) in [5.74, 6) is -0.283. The van der Waals surface area contributed by atoms with Crippen LogP contribution in [0.25, 0.3) is 0 Å². The third-order valence-electron chi connectivity index (χ3n) is 4.23. The highest BCUT2D eigenvalue weighted by Crippen LogP contribution is 2.63. The minimum absolute atomic E-state index is 0.0950. The highest BCUT2D eigenvalue weighted by Gasteiger charge is 2.54. The van der Waals surface area contributed by atoms with Gasteiger partial charge in [-0.2, -0.15) is 0 Å². The second-order valence-corrected chi connectivity index (χ2v) is 8.54. The highest BCUT2D eigenvalue weighted by atomic mass is 31.2. The zero-order valence-electron chi connectivity index (χ0n) is 12.6. The molecule has 0 bridgehead atoms. The molecule has 4 rings (SSSR count). The van der Waals surface area contributed by atoms with Crippen molar-refractivity contribution in [2.24, 2.45) is 0 Å². The molecule has 0 aliphatic carbocycles. The van der Waals surface area contributed by atoms with Gasteiger partial charge < -0.3 is 9.30 Å². The van der Waals surface area contributed by atoms with E-state index < -0.39 is 7.14 Å². The minimum Gasteiger partial charge on any atom is -0.356 e. The molecular formula is C20H17O2P. The number of hydrogen-bond donors (Lipinski definition) is 0. The van der Waals surface area contributed by atoms with Gasteiger partial charge in [0, 0.05) is 10.6 Å². The van der Waals surface area contributed by atoms with Crippen LogP contribution in [-0.2, 0) is 9.30 Å². The lowest BCUT2D eigenvalue weighted by Crippen LogP contribution is -2.19. The maximum Gasteiger partial charge on any atom is 0.173 e. The predicted octanol–water partition coefficient (Wildman–Crippen LogP) is 4.10. The van der Waals surface area contributed by atoms with Crippen molar-refractivity contribution in [2.75, 3.05) is 0 Å². The van der Waals surface area contributed by atoms with Crippen LogP contribution < -0.4 is 10.6 Å². The van der Waals surface area contributed by atoms with Crippen LogP contribution in [0.4, 0.5) is 0 Å². The third kappa shape index (κ3) is 2.55. The van der Waals surface area contributed by atoms with Crippen LogP contribution in [0.5, 0.6) is 0 Å². The molecule has 0 unspecified atom stereocenters. The highest BCUT2D eigenvalue weighted by molar-refractivity contribution is 7.79. The lowest BCUT2D eigenvalue weighted by molar-refractivity contribution is 0.401. The molecule has 1 heterocycles. The maximum atomic E-state index is 14.0. The fourth-order valence-corrected chi connectivity index (χ4v) is 5.98. The van der Waals surface area contributed by atoms with Crippen molar-refractivity contribution in [3.8, 4) is 0 Å². The molecule has 0 N–H and O–H groups in total. The van der Waals surface area contributed by atoms with E-state index in [1.165, 1.54) is 0 Å². The lowest BCUT2D eigenvalue weighted by atomic mass is 10.2. The van der Waals surface area contributed by atoms with Gasteiger partial charge in [-0.3, -0.25) is 0 Å². The Hall–Kier alpha value is -2.15. The summed E-state index contributed by atoms with van der Waals surface area (Å²) in [6.45, 7) is 0. The van der Waals surface area contributed by atoms with Gasteiger partial charge in [-0.25, -0.2) is 0 Å². The third-order valence-corrected chi connectivity index (χ3v) is 7.47. The first-order chi connectivity index (χ1) is 11.3. The minimum atomic E-state index is -2.83. The first kappa shape index (κ1) is 14.4. The Kier molecular flexibility index (Phi) is 3.65. The van der Waals surface area contributed by atoms with E-state index in [1.807, 2.05) is 91.0 Å². The number of hydrogen-bond acceptors (Lipinski definition) is 2. The molecule has 3 aromatic carbocycles. The van der Waals surface area contributed by atoms with E-state index in [9.17, 15) is 4.57 Å². The van der Waals surface area contributed by atoms with Gasteiger partial charge in [0.15, 0.2) is 7.14 Å². The van der Waals surface area contributed by atoms with Crippen LogP contribution in [0, 0.1) is 0 Å². The molecule has 0 saturated carbocycles. The molecule has 2 nitrogen and oxygen atoms in total. The zero-order valence-corrected chi connectivity index (χ0v) is 13.5.